The molecule has 186 valence electrons. The van der Waals surface area contributed by atoms with Crippen molar-refractivity contribution in [2.45, 2.75) is 70.9 Å². The molecule has 6 atom stereocenters. The summed E-state index contributed by atoms with van der Waals surface area (Å²) in [4.78, 5) is 43.7. The van der Waals surface area contributed by atoms with Crippen molar-refractivity contribution in [3.8, 4) is 0 Å². The van der Waals surface area contributed by atoms with Gasteiger partial charge in [0.15, 0.2) is 11.5 Å². The van der Waals surface area contributed by atoms with E-state index in [1.165, 1.54) is 17.3 Å². The Morgan fingerprint density at radius 2 is 2.06 bits per heavy atom. The van der Waals surface area contributed by atoms with E-state index in [2.05, 4.69) is 25.4 Å². The number of ketones is 3. The lowest BCUT2D eigenvalue weighted by Crippen LogP contribution is -2.55. The maximum atomic E-state index is 13.7. The van der Waals surface area contributed by atoms with E-state index < -0.39 is 0 Å². The Hall–Kier alpha value is -2.21. The number of rotatable bonds is 6. The Balaban J connectivity index is 1.32. The molecule has 0 aliphatic heterocycles. The quantitative estimate of drug-likeness (QED) is 0.348. The van der Waals surface area contributed by atoms with E-state index in [0.717, 1.165) is 37.8 Å². The Morgan fingerprint density at radius 3 is 2.83 bits per heavy atom. The number of fused-ring (bicyclic) bond motifs is 5. The fraction of sp³-hybridized carbons (Fsp3) is 0.586. The lowest BCUT2D eigenvalue weighted by Gasteiger charge is -2.56. The normalized spacial score (nSPS) is 36.5. The highest BCUT2D eigenvalue weighted by molar-refractivity contribution is 7.99. The summed E-state index contributed by atoms with van der Waals surface area (Å²) < 4.78 is 5.80. The predicted octanol–water partition coefficient (Wildman–Crippen LogP) is 6.17. The van der Waals surface area contributed by atoms with Crippen molar-refractivity contribution >= 4 is 35.2 Å². The number of hydrogen-bond donors (Lipinski definition) is 0. The third-order valence-corrected chi connectivity index (χ3v) is 10.4. The summed E-state index contributed by atoms with van der Waals surface area (Å²) in [6.45, 7) is 9.97. The summed E-state index contributed by atoms with van der Waals surface area (Å²) in [5.74, 6) is 2.32. The molecule has 0 radical (unpaired) electrons. The first-order valence-corrected chi connectivity index (χ1v) is 13.8. The first-order valence-electron chi connectivity index (χ1n) is 12.9. The van der Waals surface area contributed by atoms with Gasteiger partial charge < -0.3 is 4.42 Å². The third-order valence-electron chi connectivity index (χ3n) is 9.57. The molecule has 5 rings (SSSR count). The minimum absolute atomic E-state index is 0.00534. The maximum absolute atomic E-state index is 13.7. The van der Waals surface area contributed by atoms with Crippen LogP contribution in [-0.2, 0) is 14.4 Å². The molecule has 0 N–H and O–H groups in total. The van der Waals surface area contributed by atoms with E-state index in [1.54, 1.807) is 12.2 Å². The van der Waals surface area contributed by atoms with Crippen LogP contribution in [0.4, 0.5) is 0 Å². The molecule has 0 aromatic carbocycles. The zero-order chi connectivity index (χ0) is 25.0. The van der Waals surface area contributed by atoms with E-state index in [4.69, 9.17) is 4.42 Å². The molecule has 0 spiro atoms. The second-order valence-corrected chi connectivity index (χ2v) is 12.3. The number of thioether (sulfide) groups is 1. The van der Waals surface area contributed by atoms with Crippen LogP contribution in [0.2, 0.25) is 0 Å². The van der Waals surface area contributed by atoms with Crippen molar-refractivity contribution in [1.82, 2.24) is 4.98 Å². The molecule has 1 aromatic rings. The smallest absolute Gasteiger partial charge is 0.256 e. The van der Waals surface area contributed by atoms with Crippen LogP contribution in [-0.4, -0.2) is 28.1 Å². The zero-order valence-electron chi connectivity index (χ0n) is 21.0. The molecule has 0 saturated heterocycles. The summed E-state index contributed by atoms with van der Waals surface area (Å²) >= 11 is 1.35. The van der Waals surface area contributed by atoms with Crippen LogP contribution in [0, 0.1) is 41.4 Å². The second-order valence-electron chi connectivity index (χ2n) is 11.4. The number of aryl methyl sites for hydroxylation is 1. The van der Waals surface area contributed by atoms with Crippen LogP contribution in [0.3, 0.4) is 0 Å². The molecule has 6 heteroatoms. The lowest BCUT2D eigenvalue weighted by molar-refractivity contribution is -0.148. The largest absolute Gasteiger partial charge is 0.432 e. The van der Waals surface area contributed by atoms with Crippen LogP contribution in [0.5, 0.6) is 0 Å². The van der Waals surface area contributed by atoms with Gasteiger partial charge >= 0.3 is 0 Å². The molecule has 0 amide bonds. The minimum Gasteiger partial charge on any atom is -0.432 e. The highest BCUT2D eigenvalue weighted by Crippen LogP contribution is 2.65. The second kappa shape index (κ2) is 9.02. The first-order chi connectivity index (χ1) is 16.7. The van der Waals surface area contributed by atoms with Crippen molar-refractivity contribution in [1.29, 1.82) is 0 Å². The molecule has 35 heavy (non-hydrogen) atoms. The van der Waals surface area contributed by atoms with Gasteiger partial charge in [0.25, 0.3) is 5.22 Å². The van der Waals surface area contributed by atoms with Crippen molar-refractivity contribution in [2.24, 2.45) is 34.5 Å². The average Bonchev–Trinajstić information content (AvgIpc) is 3.34. The van der Waals surface area contributed by atoms with Gasteiger partial charge in [-0.1, -0.05) is 49.9 Å². The molecule has 1 heterocycles. The number of nitrogens with zero attached hydrogens (tertiary/aromatic N) is 1. The third kappa shape index (κ3) is 4.02. The van der Waals surface area contributed by atoms with E-state index in [-0.39, 0.29) is 34.2 Å². The Bertz CT molecular complexity index is 1150. The number of aromatic nitrogens is 1. The van der Waals surface area contributed by atoms with Gasteiger partial charge in [-0.05, 0) is 73.8 Å². The topological polar surface area (TPSA) is 77.2 Å². The van der Waals surface area contributed by atoms with Gasteiger partial charge in [0.2, 0.25) is 0 Å². The van der Waals surface area contributed by atoms with E-state index in [9.17, 15) is 14.4 Å². The van der Waals surface area contributed by atoms with Gasteiger partial charge in [-0.25, -0.2) is 4.98 Å². The molecule has 0 bridgehead atoms. The highest BCUT2D eigenvalue weighted by atomic mass is 32.2. The number of Topliss-reactive ketones (excluding diaryl/α,β-unsaturated/α-hetero) is 2. The number of carbonyl (C=O) groups excluding carboxylic acids is 3. The number of carbonyl (C=O) groups is 3. The number of allylic oxidation sites excluding steroid dienone is 3. The summed E-state index contributed by atoms with van der Waals surface area (Å²) in [6.07, 6.45) is 12.7. The standard InChI is InChI=1S/C29H35NO4S/c1-5-6-7-25-17(2)30-27(34-25)35-16-24(33)22-11-10-21-20-9-8-18-14-19(31)12-13-28(18,3)26(20)23(32)15-29(21,22)4/h5-7,14,20-22,26H,1,8-13,15-16H2,2-4H3/b7-6-. The number of hydrogen-bond acceptors (Lipinski definition) is 6. The molecule has 4 aliphatic carbocycles. The van der Waals surface area contributed by atoms with E-state index >= 15 is 0 Å². The monoisotopic (exact) mass is 493 g/mol. The molecule has 4 aliphatic rings. The van der Waals surface area contributed by atoms with E-state index in [1.807, 2.05) is 19.1 Å². The van der Waals surface area contributed by atoms with Crippen molar-refractivity contribution in [2.75, 3.05) is 5.75 Å². The Morgan fingerprint density at radius 1 is 1.26 bits per heavy atom. The maximum Gasteiger partial charge on any atom is 0.256 e. The summed E-state index contributed by atoms with van der Waals surface area (Å²) in [5.41, 5.74) is 1.52. The lowest BCUT2D eigenvalue weighted by atomic mass is 9.46. The number of oxazole rings is 1. The first kappa shape index (κ1) is 24.5. The fourth-order valence-electron chi connectivity index (χ4n) is 7.90. The molecule has 3 fully saturated rings. The molecule has 3 saturated carbocycles. The predicted molar refractivity (Wildman–Crippen MR) is 137 cm³/mol. The Labute approximate surface area is 211 Å². The van der Waals surface area contributed by atoms with Crippen LogP contribution in [0.15, 0.2) is 40.0 Å². The highest BCUT2D eigenvalue weighted by Gasteiger charge is 2.63. The minimum atomic E-state index is -0.275. The zero-order valence-corrected chi connectivity index (χ0v) is 21.8. The van der Waals surface area contributed by atoms with Crippen molar-refractivity contribution in [3.63, 3.8) is 0 Å². The van der Waals surface area contributed by atoms with Gasteiger partial charge in [0, 0.05) is 24.7 Å². The van der Waals surface area contributed by atoms with Gasteiger partial charge in [-0.3, -0.25) is 14.4 Å². The van der Waals surface area contributed by atoms with Crippen LogP contribution >= 0.6 is 11.8 Å². The Kier molecular flexibility index (Phi) is 6.31. The van der Waals surface area contributed by atoms with Crippen LogP contribution < -0.4 is 0 Å². The van der Waals surface area contributed by atoms with Crippen molar-refractivity contribution < 1.29 is 18.8 Å². The SMILES string of the molecule is C=C/C=C\c1oc(SCC(=O)C2CCC3C4CCC5=CC(=O)CCC5(C)C4C(=O)CC23C)nc1C. The van der Waals surface area contributed by atoms with Gasteiger partial charge in [-0.15, -0.1) is 0 Å². The average molecular weight is 494 g/mol. The summed E-state index contributed by atoms with van der Waals surface area (Å²) in [5, 5.41) is 0.505. The summed E-state index contributed by atoms with van der Waals surface area (Å²) in [6, 6.07) is 0. The van der Waals surface area contributed by atoms with Crippen molar-refractivity contribution in [3.05, 3.63) is 41.8 Å². The molecule has 1 aromatic heterocycles. The van der Waals surface area contributed by atoms with Gasteiger partial charge in [0.1, 0.15) is 11.6 Å². The van der Waals surface area contributed by atoms with Gasteiger partial charge in [0.05, 0.1) is 11.4 Å². The molecular formula is C29H35NO4S. The summed E-state index contributed by atoms with van der Waals surface area (Å²) in [7, 11) is 0. The molecule has 6 unspecified atom stereocenters. The molecular weight excluding hydrogens is 458 g/mol. The van der Waals surface area contributed by atoms with Gasteiger partial charge in [-0.2, -0.15) is 0 Å². The van der Waals surface area contributed by atoms with Crippen LogP contribution in [0.25, 0.3) is 6.08 Å². The van der Waals surface area contributed by atoms with E-state index in [0.29, 0.717) is 47.2 Å². The van der Waals surface area contributed by atoms with Crippen LogP contribution in [0.1, 0.15) is 70.2 Å². The molecule has 5 nitrogen and oxygen atoms in total. The fourth-order valence-corrected chi connectivity index (χ4v) is 8.72.